The Morgan fingerprint density at radius 1 is 1.27 bits per heavy atom. The van der Waals surface area contributed by atoms with Crippen LogP contribution in [-0.2, 0) is 14.3 Å². The summed E-state index contributed by atoms with van der Waals surface area (Å²) in [6.07, 6.45) is 7.51. The van der Waals surface area contributed by atoms with E-state index in [4.69, 9.17) is 4.74 Å². The van der Waals surface area contributed by atoms with Gasteiger partial charge < -0.3 is 10.1 Å². The smallest absolute Gasteiger partial charge is 0.322 e. The standard InChI is InChI=1S/C16H19BrN2O3/c1-15(2,3)22-14(21)16(6-4-5-7-16)13(20)19-12-8-11(17)9-18-10-12/h4-5,8-10H,6-7H2,1-3H3,(H,19,20). The molecule has 0 unspecified atom stereocenters. The molecule has 0 atom stereocenters. The lowest BCUT2D eigenvalue weighted by molar-refractivity contribution is -0.169. The molecule has 0 bridgehead atoms. The van der Waals surface area contributed by atoms with Gasteiger partial charge in [-0.05, 0) is 55.6 Å². The summed E-state index contributed by atoms with van der Waals surface area (Å²) in [5, 5.41) is 2.76. The number of amides is 1. The predicted octanol–water partition coefficient (Wildman–Crippen LogP) is 3.46. The van der Waals surface area contributed by atoms with Crippen LogP contribution < -0.4 is 5.32 Å². The third-order valence-corrected chi connectivity index (χ3v) is 3.72. The molecule has 1 N–H and O–H groups in total. The van der Waals surface area contributed by atoms with Gasteiger partial charge in [0.2, 0.25) is 5.91 Å². The molecule has 2 rings (SSSR count). The summed E-state index contributed by atoms with van der Waals surface area (Å²) in [5.74, 6) is -0.864. The molecule has 0 saturated heterocycles. The lowest BCUT2D eigenvalue weighted by Gasteiger charge is -2.30. The zero-order chi connectivity index (χ0) is 16.4. The van der Waals surface area contributed by atoms with Crippen LogP contribution in [-0.4, -0.2) is 22.5 Å². The van der Waals surface area contributed by atoms with E-state index < -0.39 is 17.0 Å². The van der Waals surface area contributed by atoms with Crippen LogP contribution in [0.5, 0.6) is 0 Å². The Balaban J connectivity index is 2.20. The van der Waals surface area contributed by atoms with Crippen molar-refractivity contribution in [2.75, 3.05) is 5.32 Å². The Morgan fingerprint density at radius 2 is 1.91 bits per heavy atom. The number of hydrogen-bond donors (Lipinski definition) is 1. The Bertz CT molecular complexity index is 612. The molecule has 0 aliphatic heterocycles. The van der Waals surface area contributed by atoms with Crippen LogP contribution in [0.15, 0.2) is 35.1 Å². The van der Waals surface area contributed by atoms with Crippen LogP contribution in [0.1, 0.15) is 33.6 Å². The van der Waals surface area contributed by atoms with Crippen molar-refractivity contribution in [3.8, 4) is 0 Å². The van der Waals surface area contributed by atoms with Gasteiger partial charge in [-0.3, -0.25) is 14.6 Å². The number of aromatic nitrogens is 1. The van der Waals surface area contributed by atoms with Crippen molar-refractivity contribution in [3.63, 3.8) is 0 Å². The number of halogens is 1. The molecule has 1 amide bonds. The second-order valence-corrected chi connectivity index (χ2v) is 7.23. The Hall–Kier alpha value is -1.69. The minimum Gasteiger partial charge on any atom is -0.459 e. The van der Waals surface area contributed by atoms with E-state index in [0.717, 1.165) is 4.47 Å². The number of ether oxygens (including phenoxy) is 1. The van der Waals surface area contributed by atoms with Crippen molar-refractivity contribution in [2.45, 2.75) is 39.2 Å². The Labute approximate surface area is 138 Å². The summed E-state index contributed by atoms with van der Waals surface area (Å²) < 4.78 is 6.19. The van der Waals surface area contributed by atoms with Crippen LogP contribution in [0, 0.1) is 5.41 Å². The molecular formula is C16H19BrN2O3. The minimum absolute atomic E-state index is 0.342. The molecule has 1 heterocycles. The van der Waals surface area contributed by atoms with E-state index >= 15 is 0 Å². The highest BCUT2D eigenvalue weighted by Gasteiger charge is 2.48. The molecule has 0 aromatic carbocycles. The number of hydrogen-bond acceptors (Lipinski definition) is 4. The summed E-state index contributed by atoms with van der Waals surface area (Å²) in [5.41, 5.74) is -1.30. The fourth-order valence-corrected chi connectivity index (χ4v) is 2.57. The van der Waals surface area contributed by atoms with E-state index in [1.165, 1.54) is 6.20 Å². The first-order chi connectivity index (χ1) is 10.2. The first kappa shape index (κ1) is 16.7. The summed E-state index contributed by atoms with van der Waals surface area (Å²) in [6.45, 7) is 5.37. The highest BCUT2D eigenvalue weighted by atomic mass is 79.9. The lowest BCUT2D eigenvalue weighted by Crippen LogP contribution is -2.45. The summed E-state index contributed by atoms with van der Waals surface area (Å²) in [7, 11) is 0. The van der Waals surface area contributed by atoms with Gasteiger partial charge in [-0.25, -0.2) is 0 Å². The summed E-state index contributed by atoms with van der Waals surface area (Å²) in [4.78, 5) is 29.2. The number of carbonyl (C=O) groups is 2. The van der Waals surface area contributed by atoms with Crippen molar-refractivity contribution in [2.24, 2.45) is 5.41 Å². The number of allylic oxidation sites excluding steroid dienone is 2. The fraction of sp³-hybridized carbons (Fsp3) is 0.438. The van der Waals surface area contributed by atoms with Crippen molar-refractivity contribution >= 4 is 33.5 Å². The van der Waals surface area contributed by atoms with E-state index in [-0.39, 0.29) is 5.91 Å². The van der Waals surface area contributed by atoms with Crippen LogP contribution in [0.25, 0.3) is 0 Å². The quantitative estimate of drug-likeness (QED) is 0.505. The van der Waals surface area contributed by atoms with Crippen LogP contribution in [0.3, 0.4) is 0 Å². The maximum atomic E-state index is 12.7. The van der Waals surface area contributed by atoms with Gasteiger partial charge in [-0.1, -0.05) is 12.2 Å². The van der Waals surface area contributed by atoms with E-state index in [0.29, 0.717) is 18.5 Å². The number of nitrogens with one attached hydrogen (secondary N) is 1. The fourth-order valence-electron chi connectivity index (χ4n) is 2.20. The van der Waals surface area contributed by atoms with Crippen molar-refractivity contribution in [3.05, 3.63) is 35.1 Å². The first-order valence-electron chi connectivity index (χ1n) is 7.03. The van der Waals surface area contributed by atoms with Crippen LogP contribution in [0.4, 0.5) is 5.69 Å². The predicted molar refractivity (Wildman–Crippen MR) is 87.2 cm³/mol. The summed E-state index contributed by atoms with van der Waals surface area (Å²) >= 11 is 3.30. The second kappa shape index (κ2) is 6.20. The molecule has 6 heteroatoms. The van der Waals surface area contributed by atoms with E-state index in [2.05, 4.69) is 26.2 Å². The molecule has 5 nitrogen and oxygen atoms in total. The monoisotopic (exact) mass is 366 g/mol. The molecule has 0 spiro atoms. The zero-order valence-electron chi connectivity index (χ0n) is 12.9. The molecule has 1 aromatic rings. The maximum Gasteiger partial charge on any atom is 0.322 e. The molecule has 1 aliphatic carbocycles. The number of esters is 1. The van der Waals surface area contributed by atoms with E-state index in [9.17, 15) is 9.59 Å². The highest BCUT2D eigenvalue weighted by molar-refractivity contribution is 9.10. The van der Waals surface area contributed by atoms with Gasteiger partial charge in [0.05, 0.1) is 11.9 Å². The van der Waals surface area contributed by atoms with E-state index in [1.807, 2.05) is 12.2 Å². The third kappa shape index (κ3) is 3.74. The Morgan fingerprint density at radius 3 is 2.45 bits per heavy atom. The van der Waals surface area contributed by atoms with Crippen molar-refractivity contribution in [1.29, 1.82) is 0 Å². The normalized spacial score (nSPS) is 16.4. The molecule has 0 radical (unpaired) electrons. The molecule has 1 aromatic heterocycles. The number of nitrogens with zero attached hydrogens (tertiary/aromatic N) is 1. The molecule has 118 valence electrons. The average molecular weight is 367 g/mol. The summed E-state index contributed by atoms with van der Waals surface area (Å²) in [6, 6.07) is 1.73. The van der Waals surface area contributed by atoms with Gasteiger partial charge in [-0.15, -0.1) is 0 Å². The van der Waals surface area contributed by atoms with Gasteiger partial charge in [0.15, 0.2) is 5.41 Å². The van der Waals surface area contributed by atoms with Gasteiger partial charge in [-0.2, -0.15) is 0 Å². The highest BCUT2D eigenvalue weighted by Crippen LogP contribution is 2.37. The molecule has 1 aliphatic rings. The topological polar surface area (TPSA) is 68.3 Å². The molecular weight excluding hydrogens is 348 g/mol. The van der Waals surface area contributed by atoms with Gasteiger partial charge in [0, 0.05) is 10.7 Å². The van der Waals surface area contributed by atoms with Gasteiger partial charge >= 0.3 is 5.97 Å². The SMILES string of the molecule is CC(C)(C)OC(=O)C1(C(=O)Nc2cncc(Br)c2)CC=CC1. The number of pyridine rings is 1. The number of rotatable bonds is 3. The average Bonchev–Trinajstić information content (AvgIpc) is 2.87. The largest absolute Gasteiger partial charge is 0.459 e. The van der Waals surface area contributed by atoms with E-state index in [1.54, 1.807) is 33.0 Å². The van der Waals surface area contributed by atoms with Gasteiger partial charge in [0.25, 0.3) is 0 Å². The van der Waals surface area contributed by atoms with Gasteiger partial charge in [0.1, 0.15) is 5.60 Å². The lowest BCUT2D eigenvalue weighted by atomic mass is 9.84. The van der Waals surface area contributed by atoms with Crippen LogP contribution in [0.2, 0.25) is 0 Å². The third-order valence-electron chi connectivity index (χ3n) is 3.29. The van der Waals surface area contributed by atoms with Crippen LogP contribution >= 0.6 is 15.9 Å². The molecule has 0 saturated carbocycles. The minimum atomic E-state index is -1.20. The number of carbonyl (C=O) groups excluding carboxylic acids is 2. The molecule has 0 fully saturated rings. The number of anilines is 1. The first-order valence-corrected chi connectivity index (χ1v) is 7.83. The molecule has 22 heavy (non-hydrogen) atoms. The maximum absolute atomic E-state index is 12.7. The Kier molecular flexibility index (Phi) is 4.70. The second-order valence-electron chi connectivity index (χ2n) is 6.31. The van der Waals surface area contributed by atoms with Crippen molar-refractivity contribution < 1.29 is 14.3 Å². The van der Waals surface area contributed by atoms with Crippen molar-refractivity contribution in [1.82, 2.24) is 4.98 Å². The zero-order valence-corrected chi connectivity index (χ0v) is 14.4.